The Balaban J connectivity index is -0.000000101. The summed E-state index contributed by atoms with van der Waals surface area (Å²) in [7, 11) is 0. The second-order valence-electron chi connectivity index (χ2n) is 1.55. The molecule has 0 saturated carbocycles. The van der Waals surface area contributed by atoms with Crippen LogP contribution >= 0.6 is 0 Å². The molecule has 0 rings (SSSR count). The molecule has 0 atom stereocenters. The summed E-state index contributed by atoms with van der Waals surface area (Å²) in [4.78, 5) is 9.00. The predicted octanol–water partition coefficient (Wildman–Crippen LogP) is -2.17. The Kier molecular flexibility index (Phi) is 23.1. The van der Waals surface area contributed by atoms with E-state index in [0.717, 1.165) is 6.92 Å². The highest BCUT2D eigenvalue weighted by Crippen LogP contribution is 1.42. The Bertz CT molecular complexity index is 94.4. The van der Waals surface area contributed by atoms with Gasteiger partial charge in [0.2, 0.25) is 0 Å². The number of carboxylic acids is 1. The van der Waals surface area contributed by atoms with Crippen LogP contribution in [0.2, 0.25) is 0 Å². The minimum absolute atomic E-state index is 0.333. The summed E-state index contributed by atoms with van der Waals surface area (Å²) in [5.74, 6) is -1.17. The summed E-state index contributed by atoms with van der Waals surface area (Å²) in [5.41, 5.74) is 18.8. The Morgan fingerprint density at radius 1 is 1.33 bits per heavy atom. The quantitative estimate of drug-likeness (QED) is 0.198. The van der Waals surface area contributed by atoms with Gasteiger partial charge < -0.3 is 28.0 Å². The molecule has 74 valence electrons. The maximum atomic E-state index is 9.00. The molecule has 10 N–H and O–H groups in total. The normalized spacial score (nSPS) is 6.58. The highest BCUT2D eigenvalue weighted by atomic mass is 16.4. The zero-order valence-electron chi connectivity index (χ0n) is 7.08. The van der Waals surface area contributed by atoms with E-state index < -0.39 is 5.97 Å². The van der Waals surface area contributed by atoms with Crippen molar-refractivity contribution in [2.24, 2.45) is 22.9 Å². The Morgan fingerprint density at radius 2 is 1.42 bits per heavy atom. The van der Waals surface area contributed by atoms with E-state index in [2.05, 4.69) is 11.5 Å². The van der Waals surface area contributed by atoms with E-state index in [1.165, 1.54) is 0 Å². The molecule has 0 aliphatic rings. The molecule has 0 amide bonds. The lowest BCUT2D eigenvalue weighted by molar-refractivity contribution is -0.134. The Labute approximate surface area is 71.2 Å². The van der Waals surface area contributed by atoms with Gasteiger partial charge in [-0.15, -0.1) is 0 Å². The molecule has 7 nitrogen and oxygen atoms in total. The highest BCUT2D eigenvalue weighted by molar-refractivity contribution is 5.71. The lowest BCUT2D eigenvalue weighted by atomic mass is 10.7. The third-order valence-electron chi connectivity index (χ3n) is 0.167. The fraction of sp³-hybridized carbons (Fsp3) is 0.600. The first-order chi connectivity index (χ1) is 5.38. The third kappa shape index (κ3) is 4400. The highest BCUT2D eigenvalue weighted by Gasteiger charge is 1.65. The molecule has 0 unspecified atom stereocenters. The van der Waals surface area contributed by atoms with Gasteiger partial charge in [0.05, 0.1) is 0 Å². The summed E-state index contributed by atoms with van der Waals surface area (Å²) in [6.07, 6.45) is 0. The molecule has 0 aromatic carbocycles. The van der Waals surface area contributed by atoms with Crippen molar-refractivity contribution in [2.75, 3.05) is 13.1 Å². The fourth-order valence-electron chi connectivity index (χ4n) is 0. The fourth-order valence-corrected chi connectivity index (χ4v) is 0. The number of nitrogens with one attached hydrogen (secondary N) is 1. The average Bonchev–Trinajstić information content (AvgIpc) is 1.85. The zero-order chi connectivity index (χ0) is 10.6. The largest absolute Gasteiger partial charge is 0.481 e. The molecule has 0 bridgehead atoms. The van der Waals surface area contributed by atoms with Crippen LogP contribution in [0.3, 0.4) is 0 Å². The van der Waals surface area contributed by atoms with Crippen LogP contribution < -0.4 is 22.9 Å². The van der Waals surface area contributed by atoms with Crippen molar-refractivity contribution in [1.29, 1.82) is 5.41 Å². The van der Waals surface area contributed by atoms with Crippen molar-refractivity contribution in [3.63, 3.8) is 0 Å². The van der Waals surface area contributed by atoms with Crippen LogP contribution in [-0.4, -0.2) is 30.1 Å². The lowest BCUT2D eigenvalue weighted by Gasteiger charge is -1.72. The minimum atomic E-state index is -0.833. The Morgan fingerprint density at radius 3 is 1.42 bits per heavy atom. The van der Waals surface area contributed by atoms with Crippen molar-refractivity contribution in [3.05, 3.63) is 0 Å². The number of rotatable bonds is 1. The van der Waals surface area contributed by atoms with Gasteiger partial charge in [0, 0.05) is 20.0 Å². The number of guanidine groups is 1. The van der Waals surface area contributed by atoms with Gasteiger partial charge in [0.25, 0.3) is 5.97 Å². The summed E-state index contributed by atoms with van der Waals surface area (Å²) >= 11 is 0. The molecule has 0 fully saturated rings. The van der Waals surface area contributed by atoms with Crippen molar-refractivity contribution in [2.45, 2.75) is 6.92 Å². The lowest BCUT2D eigenvalue weighted by Crippen LogP contribution is -2.20. The topological polar surface area (TPSA) is 165 Å². The maximum absolute atomic E-state index is 9.00. The number of carbonyl (C=O) groups is 1. The van der Waals surface area contributed by atoms with Crippen molar-refractivity contribution < 1.29 is 9.90 Å². The van der Waals surface area contributed by atoms with Gasteiger partial charge in [-0.05, 0) is 0 Å². The molecular weight excluding hydrogens is 162 g/mol. The SMILES string of the molecule is CC(=O)O.N=C(N)N.NCCN. The van der Waals surface area contributed by atoms with Crippen LogP contribution in [0.4, 0.5) is 0 Å². The molecular formula is C5H17N5O2. The van der Waals surface area contributed by atoms with E-state index >= 15 is 0 Å². The molecule has 7 heteroatoms. The molecule has 0 aromatic rings. The number of hydrogen-bond donors (Lipinski definition) is 6. The number of aliphatic carboxylic acids is 1. The molecule has 0 heterocycles. The van der Waals surface area contributed by atoms with E-state index in [-0.39, 0.29) is 5.96 Å². The standard InChI is InChI=1S/C2H8N2.C2H4O2.CH5N3/c3-1-2-4;1-2(3)4;2-1(3)4/h1-4H2;1H3,(H,3,4);(H5,2,3,4). The van der Waals surface area contributed by atoms with Crippen molar-refractivity contribution in [3.8, 4) is 0 Å². The first kappa shape index (κ1) is 17.0. The summed E-state index contributed by atoms with van der Waals surface area (Å²) in [6, 6.07) is 0. The van der Waals surface area contributed by atoms with E-state index in [9.17, 15) is 0 Å². The van der Waals surface area contributed by atoms with Gasteiger partial charge in [-0.2, -0.15) is 0 Å². The minimum Gasteiger partial charge on any atom is -0.481 e. The van der Waals surface area contributed by atoms with Gasteiger partial charge >= 0.3 is 0 Å². The number of nitrogens with two attached hydrogens (primary N) is 4. The van der Waals surface area contributed by atoms with E-state index in [4.69, 9.17) is 26.8 Å². The maximum Gasteiger partial charge on any atom is 0.300 e. The van der Waals surface area contributed by atoms with Crippen molar-refractivity contribution >= 4 is 11.9 Å². The summed E-state index contributed by atoms with van der Waals surface area (Å²) in [6.45, 7) is 2.28. The van der Waals surface area contributed by atoms with Crippen LogP contribution in [0.25, 0.3) is 0 Å². The van der Waals surface area contributed by atoms with Crippen molar-refractivity contribution in [1.82, 2.24) is 0 Å². The monoisotopic (exact) mass is 179 g/mol. The molecule has 0 saturated heterocycles. The molecule has 0 aromatic heterocycles. The van der Waals surface area contributed by atoms with Crippen LogP contribution in [0.1, 0.15) is 6.92 Å². The van der Waals surface area contributed by atoms with Gasteiger partial charge in [0.1, 0.15) is 0 Å². The average molecular weight is 179 g/mol. The Hall–Kier alpha value is -1.34. The summed E-state index contributed by atoms with van der Waals surface area (Å²) in [5, 5.41) is 13.5. The van der Waals surface area contributed by atoms with Gasteiger partial charge in [0.15, 0.2) is 5.96 Å². The first-order valence-electron chi connectivity index (χ1n) is 3.07. The van der Waals surface area contributed by atoms with E-state index in [0.29, 0.717) is 13.1 Å². The molecule has 0 spiro atoms. The molecule has 0 aliphatic heterocycles. The second-order valence-corrected chi connectivity index (χ2v) is 1.55. The third-order valence-corrected chi connectivity index (χ3v) is 0.167. The van der Waals surface area contributed by atoms with Crippen LogP contribution in [0, 0.1) is 5.41 Å². The van der Waals surface area contributed by atoms with E-state index in [1.54, 1.807) is 0 Å². The smallest absolute Gasteiger partial charge is 0.300 e. The van der Waals surface area contributed by atoms with Gasteiger partial charge in [-0.1, -0.05) is 0 Å². The predicted molar refractivity (Wildman–Crippen MR) is 47.5 cm³/mol. The number of carboxylic acid groups (broad SMARTS) is 1. The van der Waals surface area contributed by atoms with Gasteiger partial charge in [-0.25, -0.2) is 0 Å². The second kappa shape index (κ2) is 16.3. The first-order valence-corrected chi connectivity index (χ1v) is 3.07. The van der Waals surface area contributed by atoms with Crippen LogP contribution in [0.15, 0.2) is 0 Å². The molecule has 0 aliphatic carbocycles. The van der Waals surface area contributed by atoms with E-state index in [1.807, 2.05) is 0 Å². The molecule has 12 heavy (non-hydrogen) atoms. The van der Waals surface area contributed by atoms with Crippen LogP contribution in [0.5, 0.6) is 0 Å². The summed E-state index contributed by atoms with van der Waals surface area (Å²) < 4.78 is 0. The van der Waals surface area contributed by atoms with Crippen LogP contribution in [-0.2, 0) is 4.79 Å². The molecule has 0 radical (unpaired) electrons. The number of hydrogen-bond acceptors (Lipinski definition) is 4. The zero-order valence-corrected chi connectivity index (χ0v) is 7.08. The van der Waals surface area contributed by atoms with Gasteiger partial charge in [-0.3, -0.25) is 10.2 Å².